The zero-order chi connectivity index (χ0) is 29.8. The second kappa shape index (κ2) is 12.8. The van der Waals surface area contributed by atoms with Crippen LogP contribution in [0.3, 0.4) is 0 Å². The Morgan fingerprint density at radius 2 is 1.61 bits per heavy atom. The second-order valence-electron chi connectivity index (χ2n) is 13.4. The third kappa shape index (κ3) is 6.80. The van der Waals surface area contributed by atoms with Crippen molar-refractivity contribution in [2.75, 3.05) is 0 Å². The van der Waals surface area contributed by atoms with E-state index in [1.807, 2.05) is 0 Å². The number of hydrogen-bond donors (Lipinski definition) is 0. The molecular weight excluding hydrogens is 517 g/mol. The van der Waals surface area contributed by atoms with Gasteiger partial charge in [0.2, 0.25) is 0 Å². The standard InChI is InChI=1S/C38H52NOP/c1-10-18-31-28(5)37(31,9)32-23-27(4)24-33(35(32)40-26-29-19-14-13-15-20-29)38(11-2,12-3)41-34-22-17-16-21-30(34)25-39-36(6,7)8/h13-17,19-25,28,31,41H,10-12,18,26H2,1-9H3/b39-25+. The average molecular weight is 570 g/mol. The molecule has 3 heteroatoms. The molecule has 0 spiro atoms. The van der Waals surface area contributed by atoms with E-state index in [0.29, 0.717) is 27.0 Å². The normalized spacial score (nSPS) is 21.2. The Hall–Kier alpha value is -2.44. The van der Waals surface area contributed by atoms with Gasteiger partial charge < -0.3 is 4.74 Å². The quantitative estimate of drug-likeness (QED) is 0.157. The first-order valence-corrected chi connectivity index (χ1v) is 16.7. The highest BCUT2D eigenvalue weighted by Gasteiger charge is 2.59. The van der Waals surface area contributed by atoms with E-state index in [9.17, 15) is 0 Å². The summed E-state index contributed by atoms with van der Waals surface area (Å²) in [5, 5.41) is 1.36. The third-order valence-corrected chi connectivity index (χ3v) is 11.7. The Bertz CT molecular complexity index is 1330. The highest BCUT2D eigenvalue weighted by Crippen LogP contribution is 2.65. The fourth-order valence-electron chi connectivity index (χ4n) is 6.67. The molecule has 4 unspecified atom stereocenters. The van der Waals surface area contributed by atoms with E-state index in [1.54, 1.807) is 0 Å². The van der Waals surface area contributed by atoms with Gasteiger partial charge >= 0.3 is 0 Å². The first-order valence-electron chi connectivity index (χ1n) is 15.7. The first-order chi connectivity index (χ1) is 19.5. The molecule has 0 bridgehead atoms. The number of benzene rings is 3. The lowest BCUT2D eigenvalue weighted by Gasteiger charge is -2.36. The minimum Gasteiger partial charge on any atom is -0.488 e. The fourth-order valence-corrected chi connectivity index (χ4v) is 8.33. The number of aliphatic imine (C=N–C) groups is 1. The lowest BCUT2D eigenvalue weighted by atomic mass is 9.83. The van der Waals surface area contributed by atoms with Gasteiger partial charge in [-0.15, -0.1) is 0 Å². The monoisotopic (exact) mass is 569 g/mol. The molecule has 0 N–H and O–H groups in total. The summed E-state index contributed by atoms with van der Waals surface area (Å²) in [6, 6.07) is 24.4. The summed E-state index contributed by atoms with van der Waals surface area (Å²) >= 11 is 0. The fraction of sp³-hybridized carbons (Fsp3) is 0.500. The third-order valence-electron chi connectivity index (χ3n) is 9.50. The lowest BCUT2D eigenvalue weighted by molar-refractivity contribution is 0.291. The van der Waals surface area contributed by atoms with Gasteiger partial charge in [-0.3, -0.25) is 4.99 Å². The van der Waals surface area contributed by atoms with E-state index >= 15 is 0 Å². The van der Waals surface area contributed by atoms with Crippen LogP contribution in [0.15, 0.2) is 71.7 Å². The number of rotatable bonds is 12. The lowest BCUT2D eigenvalue weighted by Crippen LogP contribution is -2.25. The molecule has 220 valence electrons. The van der Waals surface area contributed by atoms with Gasteiger partial charge in [0.15, 0.2) is 0 Å². The smallest absolute Gasteiger partial charge is 0.127 e. The van der Waals surface area contributed by atoms with Crippen molar-refractivity contribution in [3.8, 4) is 5.75 Å². The van der Waals surface area contributed by atoms with Crippen LogP contribution in [-0.2, 0) is 17.2 Å². The van der Waals surface area contributed by atoms with E-state index in [-0.39, 0.29) is 16.1 Å². The predicted molar refractivity (Wildman–Crippen MR) is 181 cm³/mol. The maximum absolute atomic E-state index is 7.00. The molecule has 41 heavy (non-hydrogen) atoms. The van der Waals surface area contributed by atoms with Crippen molar-refractivity contribution in [1.29, 1.82) is 0 Å². The first kappa shape index (κ1) is 31.5. The van der Waals surface area contributed by atoms with Crippen molar-refractivity contribution < 1.29 is 4.74 Å². The van der Waals surface area contributed by atoms with E-state index in [2.05, 4.69) is 135 Å². The number of aryl methyl sites for hydroxylation is 1. The Morgan fingerprint density at radius 1 is 0.951 bits per heavy atom. The molecule has 0 aliphatic heterocycles. The van der Waals surface area contributed by atoms with Crippen LogP contribution in [0.2, 0.25) is 0 Å². The van der Waals surface area contributed by atoms with Crippen molar-refractivity contribution in [3.63, 3.8) is 0 Å². The predicted octanol–water partition coefficient (Wildman–Crippen LogP) is 10.1. The summed E-state index contributed by atoms with van der Waals surface area (Å²) in [4.78, 5) is 4.88. The van der Waals surface area contributed by atoms with Crippen LogP contribution < -0.4 is 10.0 Å². The van der Waals surface area contributed by atoms with Gasteiger partial charge in [-0.25, -0.2) is 0 Å². The van der Waals surface area contributed by atoms with Gasteiger partial charge in [0.25, 0.3) is 0 Å². The second-order valence-corrected chi connectivity index (χ2v) is 15.1. The van der Waals surface area contributed by atoms with Crippen LogP contribution in [-0.4, -0.2) is 11.8 Å². The van der Waals surface area contributed by atoms with Gasteiger partial charge in [0.1, 0.15) is 12.4 Å². The molecule has 0 amide bonds. The molecule has 0 aromatic heterocycles. The van der Waals surface area contributed by atoms with Gasteiger partial charge in [-0.2, -0.15) is 0 Å². The Morgan fingerprint density at radius 3 is 2.24 bits per heavy atom. The maximum atomic E-state index is 7.00. The molecule has 3 aromatic rings. The van der Waals surface area contributed by atoms with Crippen LogP contribution in [0.4, 0.5) is 0 Å². The highest BCUT2D eigenvalue weighted by atomic mass is 31.1. The minimum atomic E-state index is -0.0991. The number of nitrogens with zero attached hydrogens (tertiary/aromatic N) is 1. The van der Waals surface area contributed by atoms with Crippen LogP contribution in [0.5, 0.6) is 5.75 Å². The number of hydrogen-bond acceptors (Lipinski definition) is 2. The van der Waals surface area contributed by atoms with Gasteiger partial charge in [0.05, 0.1) is 5.54 Å². The molecule has 1 fully saturated rings. The van der Waals surface area contributed by atoms with Crippen molar-refractivity contribution in [2.45, 2.75) is 111 Å². The van der Waals surface area contributed by atoms with Crippen molar-refractivity contribution >= 4 is 20.1 Å². The topological polar surface area (TPSA) is 21.6 Å². The van der Waals surface area contributed by atoms with E-state index in [0.717, 1.165) is 18.6 Å². The molecule has 0 radical (unpaired) electrons. The molecule has 1 saturated carbocycles. The van der Waals surface area contributed by atoms with E-state index < -0.39 is 0 Å². The van der Waals surface area contributed by atoms with Crippen LogP contribution in [0.25, 0.3) is 0 Å². The van der Waals surface area contributed by atoms with E-state index in [1.165, 1.54) is 46.0 Å². The zero-order valence-electron chi connectivity index (χ0n) is 27.0. The van der Waals surface area contributed by atoms with Crippen LogP contribution in [0.1, 0.15) is 109 Å². The van der Waals surface area contributed by atoms with Gasteiger partial charge in [-0.1, -0.05) is 122 Å². The summed E-state index contributed by atoms with van der Waals surface area (Å²) in [5.74, 6) is 2.51. The van der Waals surface area contributed by atoms with Gasteiger partial charge in [0, 0.05) is 27.9 Å². The van der Waals surface area contributed by atoms with Crippen molar-refractivity contribution in [2.24, 2.45) is 16.8 Å². The molecule has 2 nitrogen and oxygen atoms in total. The molecule has 4 rings (SSSR count). The molecular formula is C38H52NOP. The minimum absolute atomic E-state index is 0.0206. The number of ether oxygens (including phenoxy) is 1. The molecule has 4 atom stereocenters. The summed E-state index contributed by atoms with van der Waals surface area (Å²) < 4.78 is 7.00. The Kier molecular flexibility index (Phi) is 9.85. The van der Waals surface area contributed by atoms with Crippen molar-refractivity contribution in [1.82, 2.24) is 0 Å². The molecule has 1 aliphatic carbocycles. The molecule has 1 aliphatic rings. The summed E-state index contributed by atoms with van der Waals surface area (Å²) in [6.07, 6.45) is 6.71. The van der Waals surface area contributed by atoms with Crippen LogP contribution in [0, 0.1) is 18.8 Å². The SMILES string of the molecule is CCCC1C(C)C1(C)c1cc(C)cc(C(CC)(CC)Pc2ccccc2/C=N/C(C)(C)C)c1OCc1ccccc1. The van der Waals surface area contributed by atoms with Crippen LogP contribution >= 0.6 is 8.58 Å². The maximum Gasteiger partial charge on any atom is 0.127 e. The Balaban J connectivity index is 1.86. The van der Waals surface area contributed by atoms with Gasteiger partial charge in [-0.05, 0) is 75.2 Å². The summed E-state index contributed by atoms with van der Waals surface area (Å²) in [5.41, 5.74) is 6.66. The Labute approximate surface area is 252 Å². The molecule has 0 saturated heterocycles. The highest BCUT2D eigenvalue weighted by molar-refractivity contribution is 7.48. The summed E-state index contributed by atoms with van der Waals surface area (Å²) in [6.45, 7) is 21.3. The molecule has 3 aromatic carbocycles. The average Bonchev–Trinajstić information content (AvgIpc) is 3.49. The van der Waals surface area contributed by atoms with Crippen molar-refractivity contribution in [3.05, 3.63) is 94.5 Å². The molecule has 0 heterocycles. The largest absolute Gasteiger partial charge is 0.488 e. The van der Waals surface area contributed by atoms with E-state index in [4.69, 9.17) is 9.73 Å². The summed E-state index contributed by atoms with van der Waals surface area (Å²) in [7, 11) is 0.616. The zero-order valence-corrected chi connectivity index (χ0v) is 28.0.